The molecule has 0 atom stereocenters. The van der Waals surface area contributed by atoms with Crippen LogP contribution in [0.15, 0.2) is 69.9 Å². The molecule has 2 aromatic carbocycles. The van der Waals surface area contributed by atoms with Gasteiger partial charge in [0.1, 0.15) is 5.56 Å². The Hall–Kier alpha value is -1.66. The SMILES string of the molecule is Cn1c(-c2ccccc2)c(Br)c(=O)c(C(=O)O)c1-c1ccccc1.[NaH]. The van der Waals surface area contributed by atoms with Crippen LogP contribution in [0.5, 0.6) is 0 Å². The van der Waals surface area contributed by atoms with Crippen LogP contribution in [0.1, 0.15) is 10.4 Å². The average Bonchev–Trinajstić information content (AvgIpc) is 2.59. The maximum atomic E-state index is 12.7. The molecule has 0 aliphatic heterocycles. The van der Waals surface area contributed by atoms with E-state index in [-0.39, 0.29) is 39.6 Å². The summed E-state index contributed by atoms with van der Waals surface area (Å²) in [6, 6.07) is 18.5. The van der Waals surface area contributed by atoms with Crippen molar-refractivity contribution in [1.82, 2.24) is 4.57 Å². The summed E-state index contributed by atoms with van der Waals surface area (Å²) in [5.41, 5.74) is 1.77. The number of carboxylic acid groups (broad SMARTS) is 1. The van der Waals surface area contributed by atoms with Gasteiger partial charge in [-0.3, -0.25) is 4.79 Å². The summed E-state index contributed by atoms with van der Waals surface area (Å²) in [5, 5.41) is 9.58. The second-order valence-electron chi connectivity index (χ2n) is 5.31. The van der Waals surface area contributed by atoms with E-state index < -0.39 is 11.4 Å². The van der Waals surface area contributed by atoms with Crippen molar-refractivity contribution in [1.29, 1.82) is 0 Å². The van der Waals surface area contributed by atoms with Gasteiger partial charge in [-0.2, -0.15) is 0 Å². The fourth-order valence-corrected chi connectivity index (χ4v) is 3.49. The van der Waals surface area contributed by atoms with Crippen molar-refractivity contribution in [3.05, 3.63) is 80.9 Å². The minimum atomic E-state index is -1.24. The maximum absolute atomic E-state index is 12.7. The van der Waals surface area contributed by atoms with Gasteiger partial charge in [0.2, 0.25) is 5.43 Å². The summed E-state index contributed by atoms with van der Waals surface area (Å²) < 4.78 is 1.99. The van der Waals surface area contributed by atoms with Crippen LogP contribution in [0.2, 0.25) is 0 Å². The summed E-state index contributed by atoms with van der Waals surface area (Å²) in [6.07, 6.45) is 0. The summed E-state index contributed by atoms with van der Waals surface area (Å²) in [7, 11) is 1.77. The van der Waals surface area contributed by atoms with Gasteiger partial charge in [0, 0.05) is 7.05 Å². The second kappa shape index (κ2) is 8.15. The van der Waals surface area contributed by atoms with Crippen LogP contribution >= 0.6 is 15.9 Å². The molecule has 0 amide bonds. The summed E-state index contributed by atoms with van der Waals surface area (Å²) in [6.45, 7) is 0. The Morgan fingerprint density at radius 1 is 0.920 bits per heavy atom. The van der Waals surface area contributed by atoms with E-state index in [0.717, 1.165) is 5.56 Å². The Labute approximate surface area is 175 Å². The van der Waals surface area contributed by atoms with Crippen molar-refractivity contribution >= 4 is 51.5 Å². The van der Waals surface area contributed by atoms with E-state index in [1.165, 1.54) is 0 Å². The number of benzene rings is 2. The third-order valence-corrected chi connectivity index (χ3v) is 4.59. The summed E-state index contributed by atoms with van der Waals surface area (Å²) in [4.78, 5) is 24.4. The number of hydrogen-bond donors (Lipinski definition) is 1. The van der Waals surface area contributed by atoms with Crippen LogP contribution in [0.4, 0.5) is 0 Å². The van der Waals surface area contributed by atoms with Gasteiger partial charge in [-0.25, -0.2) is 4.79 Å². The molecule has 0 fully saturated rings. The van der Waals surface area contributed by atoms with Gasteiger partial charge in [-0.1, -0.05) is 60.7 Å². The second-order valence-corrected chi connectivity index (χ2v) is 6.10. The number of halogens is 1. The molecule has 4 nitrogen and oxygen atoms in total. The molecule has 3 aromatic rings. The molecule has 0 radical (unpaired) electrons. The van der Waals surface area contributed by atoms with Crippen LogP contribution in [-0.4, -0.2) is 45.2 Å². The quantitative estimate of drug-likeness (QED) is 0.675. The number of pyridine rings is 1. The van der Waals surface area contributed by atoms with E-state index in [1.807, 2.05) is 48.5 Å². The van der Waals surface area contributed by atoms with Gasteiger partial charge >= 0.3 is 35.5 Å². The minimum absolute atomic E-state index is 0. The molecular formula is C19H15BrNNaO3. The number of rotatable bonds is 3. The Balaban J connectivity index is 0.00000225. The van der Waals surface area contributed by atoms with Crippen molar-refractivity contribution in [3.63, 3.8) is 0 Å². The standard InChI is InChI=1S/C19H14BrNO3.Na.H/c1-21-16(12-8-4-2-5-9-12)14(19(23)24)18(22)15(20)17(21)13-10-6-3-7-11-13;;/h2-11H,1H3,(H,23,24);;. The molecule has 0 saturated carbocycles. The Kier molecular flexibility index (Phi) is 6.41. The first-order valence-corrected chi connectivity index (χ1v) is 8.08. The normalized spacial score (nSPS) is 10.2. The molecule has 1 heterocycles. The summed E-state index contributed by atoms with van der Waals surface area (Å²) >= 11 is 3.30. The predicted molar refractivity (Wildman–Crippen MR) is 104 cm³/mol. The monoisotopic (exact) mass is 407 g/mol. The first-order chi connectivity index (χ1) is 11.5. The molecule has 0 saturated heterocycles. The zero-order chi connectivity index (χ0) is 17.3. The van der Waals surface area contributed by atoms with E-state index >= 15 is 0 Å². The predicted octanol–water partition coefficient (Wildman–Crippen LogP) is 3.53. The molecule has 1 aromatic heterocycles. The Morgan fingerprint density at radius 3 is 1.80 bits per heavy atom. The molecular weight excluding hydrogens is 393 g/mol. The first-order valence-electron chi connectivity index (χ1n) is 7.29. The molecule has 0 bridgehead atoms. The molecule has 0 spiro atoms. The van der Waals surface area contributed by atoms with Crippen molar-refractivity contribution < 1.29 is 9.90 Å². The molecule has 122 valence electrons. The van der Waals surface area contributed by atoms with Crippen LogP contribution in [0.3, 0.4) is 0 Å². The number of aromatic nitrogens is 1. The van der Waals surface area contributed by atoms with Crippen molar-refractivity contribution in [2.45, 2.75) is 0 Å². The van der Waals surface area contributed by atoms with E-state index in [0.29, 0.717) is 17.0 Å². The number of hydrogen-bond acceptors (Lipinski definition) is 2. The average molecular weight is 408 g/mol. The van der Waals surface area contributed by atoms with Crippen LogP contribution in [0, 0.1) is 0 Å². The zero-order valence-electron chi connectivity index (χ0n) is 12.9. The van der Waals surface area contributed by atoms with Gasteiger partial charge in [0.05, 0.1) is 15.9 Å². The van der Waals surface area contributed by atoms with Gasteiger partial charge < -0.3 is 9.67 Å². The van der Waals surface area contributed by atoms with Crippen molar-refractivity contribution in [3.8, 4) is 22.5 Å². The van der Waals surface area contributed by atoms with Crippen LogP contribution < -0.4 is 5.43 Å². The summed E-state index contributed by atoms with van der Waals surface area (Å²) in [5.74, 6) is -1.24. The zero-order valence-corrected chi connectivity index (χ0v) is 14.4. The molecule has 0 aliphatic carbocycles. The number of nitrogens with zero attached hydrogens (tertiary/aromatic N) is 1. The molecule has 1 N–H and O–H groups in total. The van der Waals surface area contributed by atoms with Crippen LogP contribution in [0.25, 0.3) is 22.5 Å². The first kappa shape index (κ1) is 19.7. The molecule has 0 unspecified atom stereocenters. The molecule has 6 heteroatoms. The number of carboxylic acids is 1. The van der Waals surface area contributed by atoms with E-state index in [2.05, 4.69) is 15.9 Å². The van der Waals surface area contributed by atoms with E-state index in [9.17, 15) is 14.7 Å². The van der Waals surface area contributed by atoms with Crippen molar-refractivity contribution in [2.24, 2.45) is 7.05 Å². The van der Waals surface area contributed by atoms with Gasteiger partial charge in [-0.15, -0.1) is 0 Å². The number of aromatic carboxylic acids is 1. The van der Waals surface area contributed by atoms with Gasteiger partial charge in [0.15, 0.2) is 0 Å². The number of carbonyl (C=O) groups is 1. The fraction of sp³-hybridized carbons (Fsp3) is 0.0526. The van der Waals surface area contributed by atoms with Crippen LogP contribution in [-0.2, 0) is 7.05 Å². The van der Waals surface area contributed by atoms with E-state index in [1.54, 1.807) is 23.7 Å². The van der Waals surface area contributed by atoms with E-state index in [4.69, 9.17) is 0 Å². The fourth-order valence-electron chi connectivity index (χ4n) is 2.80. The third-order valence-electron chi connectivity index (χ3n) is 3.85. The molecule has 3 rings (SSSR count). The Morgan fingerprint density at radius 2 is 1.36 bits per heavy atom. The molecule has 25 heavy (non-hydrogen) atoms. The van der Waals surface area contributed by atoms with Gasteiger partial charge in [0.25, 0.3) is 0 Å². The topological polar surface area (TPSA) is 59.3 Å². The molecule has 0 aliphatic rings. The third kappa shape index (κ3) is 3.65. The van der Waals surface area contributed by atoms with Gasteiger partial charge in [-0.05, 0) is 27.1 Å². The Bertz CT molecular complexity index is 969. The van der Waals surface area contributed by atoms with Crippen molar-refractivity contribution in [2.75, 3.05) is 0 Å².